The first-order valence-corrected chi connectivity index (χ1v) is 5.67. The fraction of sp³-hybridized carbons (Fsp3) is 0.364. The lowest BCUT2D eigenvalue weighted by molar-refractivity contribution is -0.137. The van der Waals surface area contributed by atoms with Crippen LogP contribution in [0.2, 0.25) is 0 Å². The number of aliphatic carboxylic acids is 1. The van der Waals surface area contributed by atoms with Crippen molar-refractivity contribution in [3.63, 3.8) is 0 Å². The van der Waals surface area contributed by atoms with Crippen LogP contribution in [0.1, 0.15) is 23.5 Å². The molecule has 0 aliphatic carbocycles. The van der Waals surface area contributed by atoms with Crippen molar-refractivity contribution >= 4 is 21.9 Å². The third kappa shape index (κ3) is 2.38. The van der Waals surface area contributed by atoms with E-state index in [2.05, 4.69) is 27.3 Å². The van der Waals surface area contributed by atoms with Gasteiger partial charge >= 0.3 is 5.97 Å². The van der Waals surface area contributed by atoms with Gasteiger partial charge in [-0.05, 0) is 23.3 Å². The van der Waals surface area contributed by atoms with E-state index in [1.807, 2.05) is 12.1 Å². The zero-order chi connectivity index (χ0) is 10.8. The summed E-state index contributed by atoms with van der Waals surface area (Å²) in [5.74, 6) is -0.642. The fourth-order valence-corrected chi connectivity index (χ4v) is 2.42. The molecule has 3 nitrogen and oxygen atoms in total. The molecule has 15 heavy (non-hydrogen) atoms. The van der Waals surface area contributed by atoms with Gasteiger partial charge in [0.2, 0.25) is 0 Å². The molecule has 1 aromatic carbocycles. The van der Waals surface area contributed by atoms with Gasteiger partial charge in [-0.2, -0.15) is 0 Å². The number of carboxylic acid groups (broad SMARTS) is 1. The van der Waals surface area contributed by atoms with Crippen molar-refractivity contribution < 1.29 is 9.90 Å². The summed E-state index contributed by atoms with van der Waals surface area (Å²) >= 11 is 3.42. The molecule has 1 unspecified atom stereocenters. The van der Waals surface area contributed by atoms with E-state index >= 15 is 0 Å². The van der Waals surface area contributed by atoms with E-state index in [-0.39, 0.29) is 12.3 Å². The molecule has 1 aliphatic rings. The van der Waals surface area contributed by atoms with E-state index in [0.717, 1.165) is 17.6 Å². The average molecular weight is 270 g/mol. The topological polar surface area (TPSA) is 49.3 Å². The Labute approximate surface area is 96.6 Å². The van der Waals surface area contributed by atoms with Crippen molar-refractivity contribution in [3.8, 4) is 0 Å². The van der Waals surface area contributed by atoms with Gasteiger partial charge in [0, 0.05) is 23.5 Å². The smallest absolute Gasteiger partial charge is 0.304 e. The van der Waals surface area contributed by atoms with Crippen LogP contribution in [0, 0.1) is 0 Å². The van der Waals surface area contributed by atoms with E-state index in [1.54, 1.807) is 0 Å². The molecule has 2 rings (SSSR count). The first-order chi connectivity index (χ1) is 7.16. The Morgan fingerprint density at radius 1 is 1.60 bits per heavy atom. The van der Waals surface area contributed by atoms with Crippen LogP contribution in [0.4, 0.5) is 0 Å². The minimum atomic E-state index is -0.738. The van der Waals surface area contributed by atoms with Gasteiger partial charge in [0.15, 0.2) is 0 Å². The normalized spacial score (nSPS) is 19.7. The summed E-state index contributed by atoms with van der Waals surface area (Å²) in [5.41, 5.74) is 2.36. The van der Waals surface area contributed by atoms with Gasteiger partial charge in [0.05, 0.1) is 6.42 Å². The van der Waals surface area contributed by atoms with E-state index in [9.17, 15) is 4.79 Å². The number of fused-ring (bicyclic) bond motifs is 1. The van der Waals surface area contributed by atoms with Crippen molar-refractivity contribution in [2.75, 3.05) is 6.54 Å². The van der Waals surface area contributed by atoms with E-state index in [1.165, 1.54) is 11.1 Å². The highest BCUT2D eigenvalue weighted by Crippen LogP contribution is 2.28. The average Bonchev–Trinajstić information content (AvgIpc) is 2.16. The lowest BCUT2D eigenvalue weighted by atomic mass is 9.89. The lowest BCUT2D eigenvalue weighted by Crippen LogP contribution is -2.29. The van der Waals surface area contributed by atoms with Gasteiger partial charge in [0.25, 0.3) is 0 Å². The maximum absolute atomic E-state index is 10.7. The van der Waals surface area contributed by atoms with Gasteiger partial charge in [-0.25, -0.2) is 0 Å². The zero-order valence-electron chi connectivity index (χ0n) is 8.16. The monoisotopic (exact) mass is 269 g/mol. The fourth-order valence-electron chi connectivity index (χ4n) is 2.01. The van der Waals surface area contributed by atoms with Crippen molar-refractivity contribution in [2.24, 2.45) is 0 Å². The van der Waals surface area contributed by atoms with Crippen molar-refractivity contribution in [1.29, 1.82) is 0 Å². The Bertz CT molecular complexity index is 392. The molecule has 0 saturated heterocycles. The number of rotatable bonds is 2. The van der Waals surface area contributed by atoms with Crippen LogP contribution in [-0.2, 0) is 11.3 Å². The van der Waals surface area contributed by atoms with Crippen molar-refractivity contribution in [1.82, 2.24) is 5.32 Å². The first kappa shape index (κ1) is 10.6. The predicted molar refractivity (Wildman–Crippen MR) is 60.8 cm³/mol. The van der Waals surface area contributed by atoms with Gasteiger partial charge in [-0.15, -0.1) is 0 Å². The SMILES string of the molecule is O=C(O)CC1CNCc2cc(Br)ccc21. The Morgan fingerprint density at radius 3 is 3.13 bits per heavy atom. The number of halogens is 1. The van der Waals surface area contributed by atoms with Crippen molar-refractivity contribution in [2.45, 2.75) is 18.9 Å². The van der Waals surface area contributed by atoms with Gasteiger partial charge < -0.3 is 10.4 Å². The highest BCUT2D eigenvalue weighted by Gasteiger charge is 2.21. The molecule has 0 aromatic heterocycles. The van der Waals surface area contributed by atoms with Gasteiger partial charge in [-0.3, -0.25) is 4.79 Å². The lowest BCUT2D eigenvalue weighted by Gasteiger charge is -2.25. The largest absolute Gasteiger partial charge is 0.481 e. The summed E-state index contributed by atoms with van der Waals surface area (Å²) in [6.45, 7) is 1.58. The maximum Gasteiger partial charge on any atom is 0.304 e. The van der Waals surface area contributed by atoms with Crippen molar-refractivity contribution in [3.05, 3.63) is 33.8 Å². The van der Waals surface area contributed by atoms with Crippen LogP contribution in [0.3, 0.4) is 0 Å². The Hall–Kier alpha value is -0.870. The summed E-state index contributed by atoms with van der Waals surface area (Å²) < 4.78 is 1.04. The number of nitrogens with one attached hydrogen (secondary N) is 1. The molecular formula is C11H12BrNO2. The minimum Gasteiger partial charge on any atom is -0.481 e. The molecule has 2 N–H and O–H groups in total. The molecule has 0 bridgehead atoms. The molecule has 1 heterocycles. The summed E-state index contributed by atoms with van der Waals surface area (Å²) in [6.07, 6.45) is 0.196. The number of benzene rings is 1. The molecule has 1 atom stereocenters. The van der Waals surface area contributed by atoms with E-state index in [0.29, 0.717) is 0 Å². The van der Waals surface area contributed by atoms with Crippen LogP contribution in [0.25, 0.3) is 0 Å². The highest BCUT2D eigenvalue weighted by molar-refractivity contribution is 9.10. The van der Waals surface area contributed by atoms with Gasteiger partial charge in [-0.1, -0.05) is 22.0 Å². The second-order valence-corrected chi connectivity index (χ2v) is 4.68. The molecule has 0 radical (unpaired) electrons. The summed E-state index contributed by atoms with van der Waals surface area (Å²) in [6, 6.07) is 6.04. The predicted octanol–water partition coefficient (Wildman–Crippen LogP) is 2.11. The highest BCUT2D eigenvalue weighted by atomic mass is 79.9. The number of carboxylic acids is 1. The van der Waals surface area contributed by atoms with E-state index < -0.39 is 5.97 Å². The summed E-state index contributed by atoms with van der Waals surface area (Å²) in [4.78, 5) is 10.7. The molecule has 0 spiro atoms. The summed E-state index contributed by atoms with van der Waals surface area (Å²) in [5, 5.41) is 12.0. The third-order valence-corrected chi connectivity index (χ3v) is 3.17. The molecule has 0 fully saturated rings. The molecule has 80 valence electrons. The van der Waals surface area contributed by atoms with Crippen LogP contribution >= 0.6 is 15.9 Å². The minimum absolute atomic E-state index is 0.0966. The van der Waals surface area contributed by atoms with Crippen LogP contribution < -0.4 is 5.32 Å². The van der Waals surface area contributed by atoms with Crippen LogP contribution in [0.15, 0.2) is 22.7 Å². The quantitative estimate of drug-likeness (QED) is 0.865. The Kier molecular flexibility index (Phi) is 3.07. The van der Waals surface area contributed by atoms with Crippen LogP contribution in [0.5, 0.6) is 0 Å². The number of hydrogen-bond acceptors (Lipinski definition) is 2. The molecule has 4 heteroatoms. The summed E-state index contributed by atoms with van der Waals surface area (Å²) in [7, 11) is 0. The zero-order valence-corrected chi connectivity index (χ0v) is 9.75. The number of carbonyl (C=O) groups is 1. The maximum atomic E-state index is 10.7. The van der Waals surface area contributed by atoms with Gasteiger partial charge in [0.1, 0.15) is 0 Å². The number of hydrogen-bond donors (Lipinski definition) is 2. The second-order valence-electron chi connectivity index (χ2n) is 3.77. The Balaban J connectivity index is 2.30. The molecular weight excluding hydrogens is 258 g/mol. The molecule has 1 aliphatic heterocycles. The van der Waals surface area contributed by atoms with Crippen LogP contribution in [-0.4, -0.2) is 17.6 Å². The molecule has 0 amide bonds. The second kappa shape index (κ2) is 4.33. The molecule has 0 saturated carbocycles. The standard InChI is InChI=1S/C11H12BrNO2/c12-9-1-2-10-7(3-9)5-13-6-8(10)4-11(14)15/h1-3,8,13H,4-6H2,(H,14,15). The molecule has 1 aromatic rings. The van der Waals surface area contributed by atoms with E-state index in [4.69, 9.17) is 5.11 Å². The first-order valence-electron chi connectivity index (χ1n) is 4.87. The Morgan fingerprint density at radius 2 is 2.40 bits per heavy atom. The third-order valence-electron chi connectivity index (χ3n) is 2.67.